The van der Waals surface area contributed by atoms with Gasteiger partial charge in [-0.15, -0.1) is 0 Å². The summed E-state index contributed by atoms with van der Waals surface area (Å²) in [6, 6.07) is 6.72. The fraction of sp³-hybridized carbons (Fsp3) is 0.471. The van der Waals surface area contributed by atoms with E-state index in [-0.39, 0.29) is 17.0 Å². The number of carbonyl (C=O) groups excluding carboxylic acids is 2. The van der Waals surface area contributed by atoms with Crippen LogP contribution in [0.3, 0.4) is 0 Å². The number of hydrogen-bond acceptors (Lipinski definition) is 4. The first-order chi connectivity index (χ1) is 10.6. The predicted molar refractivity (Wildman–Crippen MR) is 95.4 cm³/mol. The lowest BCUT2D eigenvalue weighted by Gasteiger charge is -2.18. The molecule has 0 heterocycles. The first kappa shape index (κ1) is 19.1. The molecule has 5 nitrogen and oxygen atoms in total. The molecular formula is C17H24N2O3S. The third-order valence-corrected chi connectivity index (χ3v) is 3.04. The maximum absolute atomic E-state index is 11.8. The molecule has 0 aliphatic carbocycles. The molecule has 0 fully saturated rings. The van der Waals surface area contributed by atoms with Gasteiger partial charge >= 0.3 is 5.97 Å². The van der Waals surface area contributed by atoms with Gasteiger partial charge in [0.25, 0.3) is 0 Å². The minimum atomic E-state index is -0.518. The average molecular weight is 336 g/mol. The molecule has 0 spiro atoms. The van der Waals surface area contributed by atoms with Crippen molar-refractivity contribution in [3.63, 3.8) is 0 Å². The number of nitrogens with one attached hydrogen (secondary N) is 2. The number of hydrogen-bond donors (Lipinski definition) is 2. The van der Waals surface area contributed by atoms with Crippen LogP contribution in [0.1, 0.15) is 45.0 Å². The van der Waals surface area contributed by atoms with Crippen molar-refractivity contribution in [3.8, 4) is 0 Å². The van der Waals surface area contributed by atoms with E-state index in [2.05, 4.69) is 10.6 Å². The second kappa shape index (κ2) is 8.06. The van der Waals surface area contributed by atoms with Crippen LogP contribution in [-0.2, 0) is 9.53 Å². The van der Waals surface area contributed by atoms with Gasteiger partial charge < -0.3 is 15.4 Å². The molecular weight excluding hydrogens is 312 g/mol. The smallest absolute Gasteiger partial charge is 0.338 e. The predicted octanol–water partition coefficient (Wildman–Crippen LogP) is 3.36. The Bertz CT molecular complexity index is 574. The molecule has 0 atom stereocenters. The van der Waals surface area contributed by atoms with Gasteiger partial charge in [0.1, 0.15) is 0 Å². The van der Waals surface area contributed by atoms with Gasteiger partial charge in [-0.1, -0.05) is 34.6 Å². The van der Waals surface area contributed by atoms with Crippen molar-refractivity contribution in [2.45, 2.75) is 34.6 Å². The highest BCUT2D eigenvalue weighted by Crippen LogP contribution is 2.14. The highest BCUT2D eigenvalue weighted by molar-refractivity contribution is 7.80. The van der Waals surface area contributed by atoms with Crippen LogP contribution < -0.4 is 10.6 Å². The highest BCUT2D eigenvalue weighted by atomic mass is 32.1. The van der Waals surface area contributed by atoms with Gasteiger partial charge in [0.05, 0.1) is 12.2 Å². The number of thiocarbonyl (C=S) groups is 1. The molecule has 6 heteroatoms. The van der Waals surface area contributed by atoms with Gasteiger partial charge in [-0.25, -0.2) is 4.79 Å². The summed E-state index contributed by atoms with van der Waals surface area (Å²) in [5.41, 5.74) is 0.640. The lowest BCUT2D eigenvalue weighted by atomic mass is 9.96. The fourth-order valence-corrected chi connectivity index (χ4v) is 1.68. The lowest BCUT2D eigenvalue weighted by molar-refractivity contribution is -0.126. The minimum absolute atomic E-state index is 0.163. The average Bonchev–Trinajstić information content (AvgIpc) is 2.44. The van der Waals surface area contributed by atoms with Gasteiger partial charge in [0.2, 0.25) is 5.91 Å². The zero-order valence-electron chi connectivity index (χ0n) is 14.2. The molecule has 23 heavy (non-hydrogen) atoms. The first-order valence-electron chi connectivity index (χ1n) is 7.49. The molecule has 0 saturated heterocycles. The molecule has 0 unspecified atom stereocenters. The van der Waals surface area contributed by atoms with E-state index >= 15 is 0 Å². The van der Waals surface area contributed by atoms with Crippen molar-refractivity contribution in [3.05, 3.63) is 29.8 Å². The molecule has 1 aromatic carbocycles. The minimum Gasteiger partial charge on any atom is -0.462 e. The largest absolute Gasteiger partial charge is 0.462 e. The Morgan fingerprint density at radius 3 is 2.22 bits per heavy atom. The summed E-state index contributed by atoms with van der Waals surface area (Å²) in [6.45, 7) is 9.77. The van der Waals surface area contributed by atoms with E-state index in [1.807, 2.05) is 34.6 Å². The summed E-state index contributed by atoms with van der Waals surface area (Å²) >= 11 is 5.10. The third kappa shape index (κ3) is 6.78. The summed E-state index contributed by atoms with van der Waals surface area (Å²) in [7, 11) is 0. The van der Waals surface area contributed by atoms with Gasteiger partial charge in [-0.2, -0.15) is 0 Å². The van der Waals surface area contributed by atoms with E-state index in [0.717, 1.165) is 0 Å². The summed E-state index contributed by atoms with van der Waals surface area (Å²) in [4.78, 5) is 23.6. The topological polar surface area (TPSA) is 67.4 Å². The normalized spacial score (nSPS) is 11.0. The molecule has 126 valence electrons. The van der Waals surface area contributed by atoms with E-state index in [4.69, 9.17) is 17.0 Å². The van der Waals surface area contributed by atoms with Gasteiger partial charge in [0.15, 0.2) is 5.11 Å². The molecule has 0 aromatic heterocycles. The molecule has 2 N–H and O–H groups in total. The Kier molecular flexibility index (Phi) is 6.69. The van der Waals surface area contributed by atoms with Crippen molar-refractivity contribution in [1.82, 2.24) is 5.32 Å². The number of anilines is 1. The Balaban J connectivity index is 2.58. The van der Waals surface area contributed by atoms with Crippen molar-refractivity contribution >= 4 is 34.9 Å². The Morgan fingerprint density at radius 2 is 1.74 bits per heavy atom. The number of carbonyl (C=O) groups is 2. The molecule has 0 radical (unpaired) electrons. The van der Waals surface area contributed by atoms with E-state index in [1.54, 1.807) is 24.3 Å². The Labute approximate surface area is 142 Å². The summed E-state index contributed by atoms with van der Waals surface area (Å²) in [5, 5.41) is 5.76. The number of amides is 1. The van der Waals surface area contributed by atoms with E-state index in [1.165, 1.54) is 0 Å². The number of esters is 1. The summed E-state index contributed by atoms with van der Waals surface area (Å²) in [5.74, 6) is -0.221. The van der Waals surface area contributed by atoms with E-state index in [0.29, 0.717) is 23.8 Å². The van der Waals surface area contributed by atoms with Gasteiger partial charge in [-0.3, -0.25) is 4.79 Å². The zero-order valence-corrected chi connectivity index (χ0v) is 15.0. The fourth-order valence-electron chi connectivity index (χ4n) is 1.47. The molecule has 0 aliphatic heterocycles. The van der Waals surface area contributed by atoms with Crippen molar-refractivity contribution in [2.75, 3.05) is 11.9 Å². The SMILES string of the molecule is CC(C)COC(=O)c1ccc(NC(=S)NC(=O)C(C)(C)C)cc1. The van der Waals surface area contributed by atoms with E-state index in [9.17, 15) is 9.59 Å². The zero-order chi connectivity index (χ0) is 17.6. The van der Waals surface area contributed by atoms with Crippen LogP contribution >= 0.6 is 12.2 Å². The molecule has 0 saturated carbocycles. The Morgan fingerprint density at radius 1 is 1.17 bits per heavy atom. The van der Waals surface area contributed by atoms with Crippen LogP contribution in [-0.4, -0.2) is 23.6 Å². The molecule has 1 amide bonds. The van der Waals surface area contributed by atoms with Crippen LogP contribution in [0.2, 0.25) is 0 Å². The number of benzene rings is 1. The van der Waals surface area contributed by atoms with Crippen molar-refractivity contribution in [2.24, 2.45) is 11.3 Å². The molecule has 1 aromatic rings. The summed E-state index contributed by atoms with van der Waals surface area (Å²) in [6.07, 6.45) is 0. The van der Waals surface area contributed by atoms with Crippen molar-refractivity contribution < 1.29 is 14.3 Å². The van der Waals surface area contributed by atoms with Crippen LogP contribution in [0, 0.1) is 11.3 Å². The number of rotatable bonds is 4. The van der Waals surface area contributed by atoms with Crippen molar-refractivity contribution in [1.29, 1.82) is 0 Å². The number of ether oxygens (including phenoxy) is 1. The quantitative estimate of drug-likeness (QED) is 0.652. The lowest BCUT2D eigenvalue weighted by Crippen LogP contribution is -2.41. The highest BCUT2D eigenvalue weighted by Gasteiger charge is 2.21. The second-order valence-electron chi connectivity index (χ2n) is 6.73. The van der Waals surface area contributed by atoms with Crippen LogP contribution in [0.4, 0.5) is 5.69 Å². The van der Waals surface area contributed by atoms with Crippen LogP contribution in [0.15, 0.2) is 24.3 Å². The first-order valence-corrected chi connectivity index (χ1v) is 7.90. The monoisotopic (exact) mass is 336 g/mol. The summed E-state index contributed by atoms with van der Waals surface area (Å²) < 4.78 is 5.16. The Hall–Kier alpha value is -1.95. The van der Waals surface area contributed by atoms with Crippen LogP contribution in [0.25, 0.3) is 0 Å². The molecule has 1 rings (SSSR count). The standard InChI is InChI=1S/C17H24N2O3S/c1-11(2)10-22-14(20)12-6-8-13(9-7-12)18-16(23)19-15(21)17(3,4)5/h6-9,11H,10H2,1-5H3,(H2,18,19,21,23). The van der Waals surface area contributed by atoms with Gasteiger partial charge in [0, 0.05) is 11.1 Å². The maximum atomic E-state index is 11.8. The molecule has 0 aliphatic rings. The maximum Gasteiger partial charge on any atom is 0.338 e. The van der Waals surface area contributed by atoms with E-state index < -0.39 is 5.41 Å². The third-order valence-electron chi connectivity index (χ3n) is 2.83. The second-order valence-corrected chi connectivity index (χ2v) is 7.14. The van der Waals surface area contributed by atoms with Crippen LogP contribution in [0.5, 0.6) is 0 Å². The van der Waals surface area contributed by atoms with Gasteiger partial charge in [-0.05, 0) is 42.4 Å². The molecule has 0 bridgehead atoms.